The summed E-state index contributed by atoms with van der Waals surface area (Å²) in [5.41, 5.74) is 1.30. The normalized spacial score (nSPS) is 10.8. The molecular weight excluding hydrogens is 386 g/mol. The highest BCUT2D eigenvalue weighted by atomic mass is 16.7. The minimum absolute atomic E-state index is 0.353. The monoisotopic (exact) mass is 415 g/mol. The van der Waals surface area contributed by atoms with Crippen LogP contribution in [0.25, 0.3) is 0 Å². The van der Waals surface area contributed by atoms with E-state index in [1.807, 2.05) is 39.0 Å². The van der Waals surface area contributed by atoms with E-state index in [1.54, 1.807) is 30.3 Å². The first kappa shape index (κ1) is 23.0. The summed E-state index contributed by atoms with van der Waals surface area (Å²) in [6.07, 6.45) is 0.194. The number of benzene rings is 2. The summed E-state index contributed by atoms with van der Waals surface area (Å²) >= 11 is 0. The van der Waals surface area contributed by atoms with Crippen LogP contribution in [0.15, 0.2) is 48.5 Å². The van der Waals surface area contributed by atoms with Crippen LogP contribution in [0.2, 0.25) is 0 Å². The third kappa shape index (κ3) is 8.00. The molecule has 2 N–H and O–H groups in total. The fourth-order valence-electron chi connectivity index (χ4n) is 2.40. The predicted octanol–water partition coefficient (Wildman–Crippen LogP) is 4.22. The van der Waals surface area contributed by atoms with Crippen LogP contribution in [-0.4, -0.2) is 43.5 Å². The highest BCUT2D eigenvalue weighted by molar-refractivity contribution is 5.88. The second-order valence-electron chi connectivity index (χ2n) is 7.64. The molecule has 0 saturated heterocycles. The van der Waals surface area contributed by atoms with Crippen molar-refractivity contribution >= 4 is 17.8 Å². The number of anilines is 1. The standard InChI is InChI=1S/C22H29N3O5/c1-22(2,3)24-21(27)30-18-11-9-16(10-12-18)13-14-29-19-8-6-7-17(15-19)23-20(26)25(4)28-5/h6-12,15H,13-14H2,1-5H3,(H,23,26)(H,24,27). The fraction of sp³-hybridized carbons (Fsp3) is 0.364. The van der Waals surface area contributed by atoms with Crippen molar-refractivity contribution in [3.8, 4) is 11.5 Å². The molecule has 3 amide bonds. The van der Waals surface area contributed by atoms with Crippen molar-refractivity contribution < 1.29 is 23.9 Å². The summed E-state index contributed by atoms with van der Waals surface area (Å²) in [7, 11) is 2.93. The molecule has 8 nitrogen and oxygen atoms in total. The molecule has 0 spiro atoms. The number of hydrogen-bond donors (Lipinski definition) is 2. The minimum atomic E-state index is -0.484. The zero-order valence-corrected chi connectivity index (χ0v) is 18.0. The maximum absolute atomic E-state index is 11.8. The topological polar surface area (TPSA) is 89.1 Å². The minimum Gasteiger partial charge on any atom is -0.493 e. The molecule has 30 heavy (non-hydrogen) atoms. The van der Waals surface area contributed by atoms with Crippen molar-refractivity contribution in [2.45, 2.75) is 32.7 Å². The number of rotatable bonds is 7. The summed E-state index contributed by atoms with van der Waals surface area (Å²) in [4.78, 5) is 28.5. The van der Waals surface area contributed by atoms with Crippen molar-refractivity contribution in [2.75, 3.05) is 26.1 Å². The van der Waals surface area contributed by atoms with Gasteiger partial charge in [0, 0.05) is 30.8 Å². The van der Waals surface area contributed by atoms with Gasteiger partial charge in [0.25, 0.3) is 0 Å². The van der Waals surface area contributed by atoms with Crippen LogP contribution in [0.1, 0.15) is 26.3 Å². The van der Waals surface area contributed by atoms with Crippen LogP contribution < -0.4 is 20.1 Å². The molecule has 0 fully saturated rings. The number of urea groups is 1. The van der Waals surface area contributed by atoms with Gasteiger partial charge in [-0.1, -0.05) is 18.2 Å². The van der Waals surface area contributed by atoms with E-state index in [0.29, 0.717) is 30.2 Å². The average Bonchev–Trinajstić information content (AvgIpc) is 2.67. The number of hydroxylamine groups is 2. The summed E-state index contributed by atoms with van der Waals surface area (Å²) in [5, 5.41) is 6.55. The Labute approximate surface area is 177 Å². The van der Waals surface area contributed by atoms with Crippen LogP contribution in [0.3, 0.4) is 0 Å². The molecule has 0 saturated carbocycles. The molecule has 162 valence electrons. The summed E-state index contributed by atoms with van der Waals surface area (Å²) in [6, 6.07) is 14.0. The third-order valence-corrected chi connectivity index (χ3v) is 3.92. The van der Waals surface area contributed by atoms with Gasteiger partial charge in [-0.25, -0.2) is 14.7 Å². The first-order valence-corrected chi connectivity index (χ1v) is 9.57. The van der Waals surface area contributed by atoms with E-state index >= 15 is 0 Å². The molecule has 0 aromatic heterocycles. The number of carbonyl (C=O) groups is 2. The van der Waals surface area contributed by atoms with Gasteiger partial charge in [-0.05, 0) is 50.6 Å². The molecule has 2 aromatic carbocycles. The van der Waals surface area contributed by atoms with E-state index in [-0.39, 0.29) is 11.6 Å². The second-order valence-corrected chi connectivity index (χ2v) is 7.64. The Balaban J connectivity index is 1.82. The Morgan fingerprint density at radius 3 is 2.37 bits per heavy atom. The highest BCUT2D eigenvalue weighted by Gasteiger charge is 2.15. The lowest BCUT2D eigenvalue weighted by atomic mass is 10.1. The molecule has 0 radical (unpaired) electrons. The van der Waals surface area contributed by atoms with Gasteiger partial charge in [0.2, 0.25) is 0 Å². The number of ether oxygens (including phenoxy) is 2. The SMILES string of the molecule is CON(C)C(=O)Nc1cccc(OCCc2ccc(OC(=O)NC(C)(C)C)cc2)c1. The Morgan fingerprint density at radius 1 is 1.03 bits per heavy atom. The van der Waals surface area contributed by atoms with E-state index in [0.717, 1.165) is 10.6 Å². The number of amides is 3. The maximum atomic E-state index is 11.8. The van der Waals surface area contributed by atoms with Gasteiger partial charge < -0.3 is 20.1 Å². The van der Waals surface area contributed by atoms with Gasteiger partial charge in [-0.15, -0.1) is 0 Å². The van der Waals surface area contributed by atoms with E-state index in [9.17, 15) is 9.59 Å². The van der Waals surface area contributed by atoms with Crippen LogP contribution in [0.4, 0.5) is 15.3 Å². The van der Waals surface area contributed by atoms with E-state index < -0.39 is 6.09 Å². The van der Waals surface area contributed by atoms with Gasteiger partial charge in [0.1, 0.15) is 11.5 Å². The van der Waals surface area contributed by atoms with Gasteiger partial charge in [-0.3, -0.25) is 4.84 Å². The number of carbonyl (C=O) groups excluding carboxylic acids is 2. The third-order valence-electron chi connectivity index (χ3n) is 3.92. The van der Waals surface area contributed by atoms with Crippen LogP contribution in [0, 0.1) is 0 Å². The number of nitrogens with one attached hydrogen (secondary N) is 2. The first-order chi connectivity index (χ1) is 14.2. The second kappa shape index (κ2) is 10.5. The lowest BCUT2D eigenvalue weighted by Crippen LogP contribution is -2.42. The zero-order valence-electron chi connectivity index (χ0n) is 18.0. The molecule has 0 atom stereocenters. The van der Waals surface area contributed by atoms with Gasteiger partial charge in [-0.2, -0.15) is 0 Å². The van der Waals surface area contributed by atoms with Crippen molar-refractivity contribution in [1.29, 1.82) is 0 Å². The lowest BCUT2D eigenvalue weighted by molar-refractivity contribution is -0.0598. The predicted molar refractivity (Wildman–Crippen MR) is 115 cm³/mol. The van der Waals surface area contributed by atoms with E-state index in [2.05, 4.69) is 10.6 Å². The maximum Gasteiger partial charge on any atom is 0.413 e. The molecule has 0 aliphatic carbocycles. The van der Waals surface area contributed by atoms with E-state index in [1.165, 1.54) is 14.2 Å². The van der Waals surface area contributed by atoms with E-state index in [4.69, 9.17) is 14.3 Å². The Bertz CT molecular complexity index is 847. The van der Waals surface area contributed by atoms with Crippen molar-refractivity contribution in [3.05, 3.63) is 54.1 Å². The van der Waals surface area contributed by atoms with Crippen LogP contribution in [0.5, 0.6) is 11.5 Å². The van der Waals surface area contributed by atoms with Crippen LogP contribution >= 0.6 is 0 Å². The molecule has 8 heteroatoms. The number of hydrogen-bond acceptors (Lipinski definition) is 5. The lowest BCUT2D eigenvalue weighted by Gasteiger charge is -2.19. The molecule has 2 aromatic rings. The number of nitrogens with zero attached hydrogens (tertiary/aromatic N) is 1. The van der Waals surface area contributed by atoms with Crippen molar-refractivity contribution in [1.82, 2.24) is 10.4 Å². The summed E-state index contributed by atoms with van der Waals surface area (Å²) < 4.78 is 11.0. The van der Waals surface area contributed by atoms with Crippen LogP contribution in [-0.2, 0) is 11.3 Å². The zero-order chi connectivity index (χ0) is 22.1. The molecular formula is C22H29N3O5. The molecule has 0 unspecified atom stereocenters. The van der Waals surface area contributed by atoms with Gasteiger partial charge in [0.05, 0.1) is 13.7 Å². The van der Waals surface area contributed by atoms with Crippen molar-refractivity contribution in [2.24, 2.45) is 0 Å². The molecule has 2 rings (SSSR count). The smallest absolute Gasteiger partial charge is 0.413 e. The molecule has 0 bridgehead atoms. The fourth-order valence-corrected chi connectivity index (χ4v) is 2.40. The molecule has 0 heterocycles. The first-order valence-electron chi connectivity index (χ1n) is 9.57. The Morgan fingerprint density at radius 2 is 1.73 bits per heavy atom. The quantitative estimate of drug-likeness (QED) is 0.661. The molecule has 0 aliphatic rings. The average molecular weight is 415 g/mol. The Hall–Kier alpha value is -3.26. The van der Waals surface area contributed by atoms with Gasteiger partial charge >= 0.3 is 12.1 Å². The Kier molecular flexibility index (Phi) is 8.06. The van der Waals surface area contributed by atoms with Gasteiger partial charge in [0.15, 0.2) is 0 Å². The summed E-state index contributed by atoms with van der Waals surface area (Å²) in [5.74, 6) is 1.12. The molecule has 0 aliphatic heterocycles. The largest absolute Gasteiger partial charge is 0.493 e. The highest BCUT2D eigenvalue weighted by Crippen LogP contribution is 2.19. The summed E-state index contributed by atoms with van der Waals surface area (Å²) in [6.45, 7) is 6.12. The van der Waals surface area contributed by atoms with Crippen molar-refractivity contribution in [3.63, 3.8) is 0 Å².